The van der Waals surface area contributed by atoms with E-state index in [1.165, 1.54) is 24.3 Å². The standard InChI is InChI=1S/C22H23F4N3/c1-15(2)27-9-11-28(12-10-27)21-14-29(18-6-4-17(23)5-7-18)20-8-3-16(13-19(20)21)22(24,25)26/h3-8,13-15H,9-12H2,1-2H3. The van der Waals surface area contributed by atoms with Crippen molar-refractivity contribution in [3.8, 4) is 5.69 Å². The highest BCUT2D eigenvalue weighted by atomic mass is 19.4. The van der Waals surface area contributed by atoms with E-state index in [-0.39, 0.29) is 5.82 Å². The number of alkyl halides is 3. The molecule has 0 radical (unpaired) electrons. The van der Waals surface area contributed by atoms with Crippen LogP contribution >= 0.6 is 0 Å². The molecule has 3 nitrogen and oxygen atoms in total. The maximum absolute atomic E-state index is 13.4. The molecule has 3 aromatic rings. The van der Waals surface area contributed by atoms with E-state index in [1.54, 1.807) is 12.1 Å². The molecule has 0 amide bonds. The Balaban J connectivity index is 1.80. The van der Waals surface area contributed by atoms with Gasteiger partial charge in [-0.3, -0.25) is 4.90 Å². The zero-order chi connectivity index (χ0) is 20.8. The van der Waals surface area contributed by atoms with Crippen LogP contribution in [0, 0.1) is 5.82 Å². The topological polar surface area (TPSA) is 11.4 Å². The fourth-order valence-corrected chi connectivity index (χ4v) is 3.94. The number of rotatable bonds is 3. The minimum atomic E-state index is -4.40. The van der Waals surface area contributed by atoms with E-state index in [4.69, 9.17) is 0 Å². The van der Waals surface area contributed by atoms with Gasteiger partial charge in [0.05, 0.1) is 16.8 Å². The van der Waals surface area contributed by atoms with Gasteiger partial charge >= 0.3 is 6.18 Å². The van der Waals surface area contributed by atoms with Crippen molar-refractivity contribution in [1.82, 2.24) is 9.47 Å². The first-order chi connectivity index (χ1) is 13.7. The summed E-state index contributed by atoms with van der Waals surface area (Å²) in [5, 5.41) is 0.558. The minimum Gasteiger partial charge on any atom is -0.367 e. The predicted octanol–water partition coefficient (Wildman–Crippen LogP) is 5.32. The van der Waals surface area contributed by atoms with Crippen LogP contribution in [0.1, 0.15) is 19.4 Å². The van der Waals surface area contributed by atoms with Gasteiger partial charge in [0.1, 0.15) is 5.82 Å². The summed E-state index contributed by atoms with van der Waals surface area (Å²) in [7, 11) is 0. The highest BCUT2D eigenvalue weighted by molar-refractivity contribution is 5.95. The summed E-state index contributed by atoms with van der Waals surface area (Å²) in [5.74, 6) is -0.352. The number of halogens is 4. The monoisotopic (exact) mass is 405 g/mol. The molecule has 1 fully saturated rings. The summed E-state index contributed by atoms with van der Waals surface area (Å²) < 4.78 is 55.2. The molecule has 7 heteroatoms. The van der Waals surface area contributed by atoms with Crippen molar-refractivity contribution in [2.24, 2.45) is 0 Å². The summed E-state index contributed by atoms with van der Waals surface area (Å²) in [4.78, 5) is 4.50. The van der Waals surface area contributed by atoms with E-state index < -0.39 is 11.7 Å². The molecular weight excluding hydrogens is 382 g/mol. The summed E-state index contributed by atoms with van der Waals surface area (Å²) in [6, 6.07) is 10.2. The second-order valence-corrected chi connectivity index (χ2v) is 7.71. The third-order valence-corrected chi connectivity index (χ3v) is 5.60. The molecule has 1 saturated heterocycles. The SMILES string of the molecule is CC(C)N1CCN(c2cn(-c3ccc(F)cc3)c3ccc(C(F)(F)F)cc23)CC1. The molecule has 1 aromatic heterocycles. The van der Waals surface area contributed by atoms with Crippen LogP contribution in [0.4, 0.5) is 23.2 Å². The number of hydrogen-bond acceptors (Lipinski definition) is 2. The van der Waals surface area contributed by atoms with E-state index in [9.17, 15) is 17.6 Å². The van der Waals surface area contributed by atoms with E-state index >= 15 is 0 Å². The Morgan fingerprint density at radius 3 is 2.14 bits per heavy atom. The smallest absolute Gasteiger partial charge is 0.367 e. The molecule has 0 saturated carbocycles. The first-order valence-corrected chi connectivity index (χ1v) is 9.71. The Labute approximate surface area is 167 Å². The van der Waals surface area contributed by atoms with Gasteiger partial charge in [-0.2, -0.15) is 13.2 Å². The van der Waals surface area contributed by atoms with Gasteiger partial charge in [-0.15, -0.1) is 0 Å². The Morgan fingerprint density at radius 2 is 1.55 bits per heavy atom. The van der Waals surface area contributed by atoms with Gasteiger partial charge in [0.2, 0.25) is 0 Å². The van der Waals surface area contributed by atoms with Crippen LogP contribution in [-0.2, 0) is 6.18 Å². The molecule has 0 bridgehead atoms. The molecule has 1 aliphatic rings. The lowest BCUT2D eigenvalue weighted by molar-refractivity contribution is -0.137. The maximum Gasteiger partial charge on any atom is 0.416 e. The Kier molecular flexibility index (Phi) is 5.02. The second-order valence-electron chi connectivity index (χ2n) is 7.71. The summed E-state index contributed by atoms with van der Waals surface area (Å²) >= 11 is 0. The van der Waals surface area contributed by atoms with Gasteiger partial charge in [0.25, 0.3) is 0 Å². The zero-order valence-corrected chi connectivity index (χ0v) is 16.4. The first kappa shape index (κ1) is 19.8. The highest BCUT2D eigenvalue weighted by Gasteiger charge is 2.32. The van der Waals surface area contributed by atoms with E-state index in [1.807, 2.05) is 10.8 Å². The molecule has 1 aliphatic heterocycles. The summed E-state index contributed by atoms with van der Waals surface area (Å²) in [5.41, 5.74) is 1.50. The molecule has 2 heterocycles. The second kappa shape index (κ2) is 7.37. The normalized spacial score (nSPS) is 16.2. The molecule has 0 N–H and O–H groups in total. The third-order valence-electron chi connectivity index (χ3n) is 5.60. The van der Waals surface area contributed by atoms with Crippen molar-refractivity contribution in [3.63, 3.8) is 0 Å². The Bertz CT molecular complexity index is 997. The van der Waals surface area contributed by atoms with Gasteiger partial charge in [0.15, 0.2) is 0 Å². The van der Waals surface area contributed by atoms with E-state index in [0.29, 0.717) is 22.6 Å². The Hall–Kier alpha value is -2.54. The average Bonchev–Trinajstić information content (AvgIpc) is 3.07. The van der Waals surface area contributed by atoms with E-state index in [0.717, 1.165) is 37.9 Å². The molecule has 4 rings (SSSR count). The fraction of sp³-hybridized carbons (Fsp3) is 0.364. The zero-order valence-electron chi connectivity index (χ0n) is 16.4. The van der Waals surface area contributed by atoms with Crippen LogP contribution in [0.5, 0.6) is 0 Å². The Morgan fingerprint density at radius 1 is 0.897 bits per heavy atom. The lowest BCUT2D eigenvalue weighted by atomic mass is 10.1. The van der Waals surface area contributed by atoms with Crippen LogP contribution in [0.2, 0.25) is 0 Å². The molecular formula is C22H23F4N3. The van der Waals surface area contributed by atoms with Crippen molar-refractivity contribution >= 4 is 16.6 Å². The maximum atomic E-state index is 13.4. The number of fused-ring (bicyclic) bond motifs is 1. The van der Waals surface area contributed by atoms with Crippen molar-refractivity contribution < 1.29 is 17.6 Å². The van der Waals surface area contributed by atoms with Crippen LogP contribution in [0.15, 0.2) is 48.7 Å². The molecule has 0 aliphatic carbocycles. The number of hydrogen-bond donors (Lipinski definition) is 0. The van der Waals surface area contributed by atoms with E-state index in [2.05, 4.69) is 23.6 Å². The van der Waals surface area contributed by atoms with Gasteiger partial charge < -0.3 is 9.47 Å². The third kappa shape index (κ3) is 3.83. The average molecular weight is 405 g/mol. The molecule has 0 atom stereocenters. The predicted molar refractivity (Wildman–Crippen MR) is 107 cm³/mol. The highest BCUT2D eigenvalue weighted by Crippen LogP contribution is 2.37. The van der Waals surface area contributed by atoms with Gasteiger partial charge in [-0.1, -0.05) is 0 Å². The fourth-order valence-electron chi connectivity index (χ4n) is 3.94. The van der Waals surface area contributed by atoms with Gasteiger partial charge in [0, 0.05) is 49.5 Å². The van der Waals surface area contributed by atoms with Gasteiger partial charge in [-0.25, -0.2) is 4.39 Å². The number of benzene rings is 2. The summed E-state index contributed by atoms with van der Waals surface area (Å²) in [6.07, 6.45) is -2.54. The van der Waals surface area contributed by atoms with Crippen LogP contribution in [0.25, 0.3) is 16.6 Å². The minimum absolute atomic E-state index is 0.352. The summed E-state index contributed by atoms with van der Waals surface area (Å²) in [6.45, 7) is 7.50. The van der Waals surface area contributed by atoms with Crippen molar-refractivity contribution in [2.75, 3.05) is 31.1 Å². The number of piperazine rings is 1. The number of anilines is 1. The molecule has 0 spiro atoms. The van der Waals surface area contributed by atoms with Crippen LogP contribution in [0.3, 0.4) is 0 Å². The molecule has 29 heavy (non-hydrogen) atoms. The first-order valence-electron chi connectivity index (χ1n) is 9.71. The number of nitrogens with zero attached hydrogens (tertiary/aromatic N) is 3. The molecule has 0 unspecified atom stereocenters. The van der Waals surface area contributed by atoms with Crippen LogP contribution in [-0.4, -0.2) is 41.7 Å². The number of aromatic nitrogens is 1. The van der Waals surface area contributed by atoms with Crippen molar-refractivity contribution in [1.29, 1.82) is 0 Å². The van der Waals surface area contributed by atoms with Crippen molar-refractivity contribution in [2.45, 2.75) is 26.1 Å². The quantitative estimate of drug-likeness (QED) is 0.547. The van der Waals surface area contributed by atoms with Crippen LogP contribution < -0.4 is 4.90 Å². The largest absolute Gasteiger partial charge is 0.416 e. The lowest BCUT2D eigenvalue weighted by Gasteiger charge is -2.37. The molecule has 2 aromatic carbocycles. The molecule has 154 valence electrons. The lowest BCUT2D eigenvalue weighted by Crippen LogP contribution is -2.48. The van der Waals surface area contributed by atoms with Gasteiger partial charge in [-0.05, 0) is 56.3 Å². The van der Waals surface area contributed by atoms with Crippen molar-refractivity contribution in [3.05, 3.63) is 60.0 Å².